The first-order valence-corrected chi connectivity index (χ1v) is 16.0. The van der Waals surface area contributed by atoms with E-state index in [0.717, 1.165) is 43.4 Å². The summed E-state index contributed by atoms with van der Waals surface area (Å²) in [6.45, 7) is 7.39. The second-order valence-corrected chi connectivity index (χ2v) is 13.6. The molecule has 0 aliphatic heterocycles. The van der Waals surface area contributed by atoms with Crippen LogP contribution in [0.1, 0.15) is 65.4 Å². The van der Waals surface area contributed by atoms with Gasteiger partial charge in [-0.1, -0.05) is 13.0 Å². The SMILES string of the molecule is CCc1cc(-c2ccc(NS(=O)(=O)CCC(F)(F)F)c(F)c2)nc2cnc(NC3CCC(NC(=O)OC(C)(C)C)CC3)nc12. The highest BCUT2D eigenvalue weighted by atomic mass is 32.2. The number of alkyl halides is 3. The summed E-state index contributed by atoms with van der Waals surface area (Å²) in [5.74, 6) is -1.73. The van der Waals surface area contributed by atoms with Crippen LogP contribution in [0.2, 0.25) is 0 Å². The van der Waals surface area contributed by atoms with Gasteiger partial charge in [-0.3, -0.25) is 4.72 Å². The third-order valence-corrected chi connectivity index (χ3v) is 8.24. The lowest BCUT2D eigenvalue weighted by molar-refractivity contribution is -0.129. The summed E-state index contributed by atoms with van der Waals surface area (Å²) in [7, 11) is -4.41. The molecule has 44 heavy (non-hydrogen) atoms. The zero-order valence-electron chi connectivity index (χ0n) is 24.9. The standard InChI is InChI=1S/C29H36F4N6O4S/c1-5-17-15-23(18-6-11-22(21(30)14-18)39-44(41,42)13-12-29(31,32)33)37-24-16-34-26(38-25(17)24)35-19-7-9-20(10-8-19)36-27(40)43-28(2,3)4/h6,11,14-16,19-20,39H,5,7-10,12-13H2,1-4H3,(H,36,40)(H,34,35,38). The number of nitrogens with zero attached hydrogens (tertiary/aromatic N) is 3. The molecule has 0 bridgehead atoms. The van der Waals surface area contributed by atoms with E-state index in [2.05, 4.69) is 25.6 Å². The molecule has 1 aliphatic carbocycles. The molecule has 0 saturated heterocycles. The lowest BCUT2D eigenvalue weighted by atomic mass is 9.91. The Morgan fingerprint density at radius 3 is 2.34 bits per heavy atom. The predicted molar refractivity (Wildman–Crippen MR) is 159 cm³/mol. The van der Waals surface area contributed by atoms with Crippen molar-refractivity contribution in [1.29, 1.82) is 0 Å². The third-order valence-electron chi connectivity index (χ3n) is 6.97. The van der Waals surface area contributed by atoms with E-state index < -0.39 is 51.6 Å². The Morgan fingerprint density at radius 1 is 1.05 bits per heavy atom. The predicted octanol–water partition coefficient (Wildman–Crippen LogP) is 6.34. The molecule has 0 unspecified atom stereocenters. The van der Waals surface area contributed by atoms with Crippen LogP contribution in [0.15, 0.2) is 30.5 Å². The summed E-state index contributed by atoms with van der Waals surface area (Å²) < 4.78 is 83.3. The number of pyridine rings is 1. The summed E-state index contributed by atoms with van der Waals surface area (Å²) in [4.78, 5) is 25.8. The number of alkyl carbamates (subject to hydrolysis) is 1. The maximum Gasteiger partial charge on any atom is 0.407 e. The molecule has 3 aromatic rings. The van der Waals surface area contributed by atoms with Gasteiger partial charge in [0.15, 0.2) is 0 Å². The first-order valence-electron chi connectivity index (χ1n) is 14.3. The van der Waals surface area contributed by atoms with E-state index >= 15 is 0 Å². The van der Waals surface area contributed by atoms with Crippen molar-refractivity contribution >= 4 is 38.8 Å². The quantitative estimate of drug-likeness (QED) is 0.231. The van der Waals surface area contributed by atoms with Crippen molar-refractivity contribution in [2.45, 2.75) is 90.1 Å². The van der Waals surface area contributed by atoms with E-state index in [4.69, 9.17) is 4.74 Å². The Hall–Kier alpha value is -3.75. The number of sulfonamides is 1. The lowest BCUT2D eigenvalue weighted by Gasteiger charge is -2.30. The zero-order chi connectivity index (χ0) is 32.3. The molecule has 1 fully saturated rings. The molecule has 1 aromatic carbocycles. The van der Waals surface area contributed by atoms with Gasteiger partial charge in [-0.05, 0) is 76.6 Å². The van der Waals surface area contributed by atoms with Gasteiger partial charge in [0.05, 0.1) is 35.3 Å². The highest BCUT2D eigenvalue weighted by molar-refractivity contribution is 7.92. The van der Waals surface area contributed by atoms with Crippen molar-refractivity contribution in [3.63, 3.8) is 0 Å². The number of fused-ring (bicyclic) bond motifs is 1. The van der Waals surface area contributed by atoms with Crippen LogP contribution in [0.25, 0.3) is 22.3 Å². The minimum atomic E-state index is -4.65. The van der Waals surface area contributed by atoms with Gasteiger partial charge in [-0.2, -0.15) is 13.2 Å². The van der Waals surface area contributed by atoms with Crippen LogP contribution in [0.4, 0.5) is 34.0 Å². The largest absolute Gasteiger partial charge is 0.444 e. The second kappa shape index (κ2) is 13.1. The van der Waals surface area contributed by atoms with Gasteiger partial charge >= 0.3 is 12.3 Å². The number of rotatable bonds is 9. The van der Waals surface area contributed by atoms with Gasteiger partial charge in [0.1, 0.15) is 16.9 Å². The zero-order valence-corrected chi connectivity index (χ0v) is 25.7. The number of carbonyl (C=O) groups is 1. The number of hydrogen-bond donors (Lipinski definition) is 3. The van der Waals surface area contributed by atoms with Crippen LogP contribution in [0.3, 0.4) is 0 Å². The molecule has 2 aromatic heterocycles. The van der Waals surface area contributed by atoms with Gasteiger partial charge in [0.2, 0.25) is 16.0 Å². The van der Waals surface area contributed by atoms with E-state index in [1.54, 1.807) is 12.3 Å². The molecule has 3 N–H and O–H groups in total. The summed E-state index contributed by atoms with van der Waals surface area (Å²) in [5, 5.41) is 6.29. The van der Waals surface area contributed by atoms with E-state index in [1.807, 2.05) is 32.4 Å². The molecular weight excluding hydrogens is 604 g/mol. The number of hydrogen-bond acceptors (Lipinski definition) is 8. The first-order chi connectivity index (χ1) is 20.5. The fraction of sp³-hybridized carbons (Fsp3) is 0.517. The molecule has 15 heteroatoms. The molecule has 1 amide bonds. The fourth-order valence-electron chi connectivity index (χ4n) is 4.84. The van der Waals surface area contributed by atoms with E-state index in [1.165, 1.54) is 6.07 Å². The Bertz CT molecular complexity index is 1600. The average Bonchev–Trinajstić information content (AvgIpc) is 2.92. The van der Waals surface area contributed by atoms with Crippen molar-refractivity contribution in [3.8, 4) is 11.3 Å². The Kier molecular flexibility index (Phi) is 9.86. The van der Waals surface area contributed by atoms with Crippen LogP contribution < -0.4 is 15.4 Å². The number of nitrogens with one attached hydrogen (secondary N) is 3. The fourth-order valence-corrected chi connectivity index (χ4v) is 5.94. The monoisotopic (exact) mass is 640 g/mol. The van der Waals surface area contributed by atoms with Crippen molar-refractivity contribution in [1.82, 2.24) is 20.3 Å². The molecule has 240 valence electrons. The summed E-state index contributed by atoms with van der Waals surface area (Å²) in [5.41, 5.74) is 1.67. The number of carbonyl (C=O) groups excluding carboxylic acids is 1. The number of anilines is 2. The molecule has 2 heterocycles. The Balaban J connectivity index is 1.43. The number of halogens is 4. The van der Waals surface area contributed by atoms with Crippen molar-refractivity contribution in [2.24, 2.45) is 0 Å². The lowest BCUT2D eigenvalue weighted by Crippen LogP contribution is -2.42. The van der Waals surface area contributed by atoms with Gasteiger partial charge < -0.3 is 15.4 Å². The molecule has 10 nitrogen and oxygen atoms in total. The van der Waals surface area contributed by atoms with Gasteiger partial charge in [-0.25, -0.2) is 32.6 Å². The molecule has 0 radical (unpaired) electrons. The maximum absolute atomic E-state index is 14.8. The average molecular weight is 641 g/mol. The number of amides is 1. The Labute approximate surface area is 253 Å². The highest BCUT2D eigenvalue weighted by Gasteiger charge is 2.30. The van der Waals surface area contributed by atoms with Crippen molar-refractivity contribution in [3.05, 3.63) is 41.8 Å². The maximum atomic E-state index is 14.8. The topological polar surface area (TPSA) is 135 Å². The summed E-state index contributed by atoms with van der Waals surface area (Å²) in [6, 6.07) is 5.56. The Morgan fingerprint density at radius 2 is 1.73 bits per heavy atom. The minimum absolute atomic E-state index is 0.0307. The van der Waals surface area contributed by atoms with Crippen LogP contribution in [-0.2, 0) is 21.2 Å². The normalized spacial score (nSPS) is 17.7. The smallest absolute Gasteiger partial charge is 0.407 e. The van der Waals surface area contributed by atoms with E-state index in [9.17, 15) is 30.8 Å². The number of aromatic nitrogens is 3. The number of aryl methyl sites for hydroxylation is 1. The summed E-state index contributed by atoms with van der Waals surface area (Å²) in [6.07, 6.45) is -1.30. The van der Waals surface area contributed by atoms with Crippen LogP contribution >= 0.6 is 0 Å². The summed E-state index contributed by atoms with van der Waals surface area (Å²) >= 11 is 0. The first kappa shape index (κ1) is 33.1. The van der Waals surface area contributed by atoms with E-state index in [-0.39, 0.29) is 12.1 Å². The molecule has 1 saturated carbocycles. The van der Waals surface area contributed by atoms with Gasteiger partial charge in [-0.15, -0.1) is 0 Å². The van der Waals surface area contributed by atoms with Gasteiger partial charge in [0.25, 0.3) is 0 Å². The minimum Gasteiger partial charge on any atom is -0.444 e. The van der Waals surface area contributed by atoms with E-state index in [0.29, 0.717) is 34.7 Å². The molecule has 0 atom stereocenters. The second-order valence-electron chi connectivity index (χ2n) is 11.8. The molecule has 0 spiro atoms. The molecule has 1 aliphatic rings. The number of ether oxygens (including phenoxy) is 1. The van der Waals surface area contributed by atoms with Crippen LogP contribution in [-0.4, -0.2) is 59.1 Å². The number of benzene rings is 1. The van der Waals surface area contributed by atoms with Gasteiger partial charge in [0, 0.05) is 17.6 Å². The molecular formula is C29H36F4N6O4S. The van der Waals surface area contributed by atoms with Crippen LogP contribution in [0.5, 0.6) is 0 Å². The highest BCUT2D eigenvalue weighted by Crippen LogP contribution is 2.29. The van der Waals surface area contributed by atoms with Crippen molar-refractivity contribution < 1.29 is 35.5 Å². The molecule has 4 rings (SSSR count). The van der Waals surface area contributed by atoms with Crippen LogP contribution in [0, 0.1) is 5.82 Å². The van der Waals surface area contributed by atoms with Crippen molar-refractivity contribution in [2.75, 3.05) is 15.8 Å². The third kappa shape index (κ3) is 9.37.